The van der Waals surface area contributed by atoms with Gasteiger partial charge in [0, 0.05) is 24.9 Å². The van der Waals surface area contributed by atoms with Crippen molar-refractivity contribution in [3.63, 3.8) is 0 Å². The van der Waals surface area contributed by atoms with Crippen LogP contribution in [0.25, 0.3) is 21.9 Å². The van der Waals surface area contributed by atoms with Gasteiger partial charge in [-0.3, -0.25) is 0 Å². The first-order chi connectivity index (χ1) is 14.2. The lowest BCUT2D eigenvalue weighted by atomic mass is 10.2. The molecule has 0 spiro atoms. The summed E-state index contributed by atoms with van der Waals surface area (Å²) in [6, 6.07) is 7.56. The first-order valence-corrected chi connectivity index (χ1v) is 11.2. The van der Waals surface area contributed by atoms with Gasteiger partial charge in [-0.05, 0) is 25.3 Å². The number of pyridine rings is 1. The molecule has 164 valence electrons. The van der Waals surface area contributed by atoms with Gasteiger partial charge in [0.1, 0.15) is 11.3 Å². The fourth-order valence-electron chi connectivity index (χ4n) is 3.35. The number of para-hydroxylation sites is 1. The standard InChI is InChI=1S/C19H24F3N5O2S/c1-2-3-10-15-26-16-17(13-8-4-5-9-14(13)25-18(16)23)27(15)12-7-6-11-24-30(28,29)19(20,21)22/h4-5,8-9,24H,2-3,6-7,10-12H2,1H3,(H2,23,25). The molecule has 2 aromatic heterocycles. The number of alkyl halides is 3. The number of halogens is 3. The molecule has 0 atom stereocenters. The Hall–Kier alpha value is -2.40. The van der Waals surface area contributed by atoms with E-state index >= 15 is 0 Å². The Morgan fingerprint density at radius 2 is 1.87 bits per heavy atom. The molecule has 2 heterocycles. The lowest BCUT2D eigenvalue weighted by Crippen LogP contribution is -2.36. The Balaban J connectivity index is 1.84. The molecule has 0 aliphatic rings. The number of nitrogen functional groups attached to an aromatic ring is 1. The largest absolute Gasteiger partial charge is 0.511 e. The first kappa shape index (κ1) is 22.3. The van der Waals surface area contributed by atoms with Gasteiger partial charge in [-0.1, -0.05) is 31.5 Å². The van der Waals surface area contributed by atoms with Gasteiger partial charge < -0.3 is 10.3 Å². The summed E-state index contributed by atoms with van der Waals surface area (Å²) in [5, 5.41) is 0.898. The van der Waals surface area contributed by atoms with Gasteiger partial charge in [-0.2, -0.15) is 13.2 Å². The van der Waals surface area contributed by atoms with E-state index < -0.39 is 15.5 Å². The normalized spacial score (nSPS) is 12.8. The maximum absolute atomic E-state index is 12.4. The fourth-order valence-corrected chi connectivity index (χ4v) is 3.93. The van der Waals surface area contributed by atoms with Crippen LogP contribution < -0.4 is 10.5 Å². The molecule has 0 saturated carbocycles. The van der Waals surface area contributed by atoms with Crippen LogP contribution in [-0.2, 0) is 23.0 Å². The van der Waals surface area contributed by atoms with Gasteiger partial charge in [-0.15, -0.1) is 0 Å². The zero-order chi connectivity index (χ0) is 21.9. The number of hydrogen-bond donors (Lipinski definition) is 2. The van der Waals surface area contributed by atoms with Gasteiger partial charge in [0.2, 0.25) is 0 Å². The molecule has 0 fully saturated rings. The molecule has 0 amide bonds. The Labute approximate surface area is 172 Å². The Kier molecular flexibility index (Phi) is 6.51. The maximum atomic E-state index is 12.4. The number of aromatic nitrogens is 3. The summed E-state index contributed by atoms with van der Waals surface area (Å²) >= 11 is 0. The van der Waals surface area contributed by atoms with Gasteiger partial charge in [0.05, 0.1) is 11.0 Å². The van der Waals surface area contributed by atoms with Crippen LogP contribution in [0.4, 0.5) is 19.0 Å². The zero-order valence-corrected chi connectivity index (χ0v) is 17.4. The smallest absolute Gasteiger partial charge is 0.382 e. The number of rotatable bonds is 9. The molecule has 1 aromatic carbocycles. The molecular formula is C19H24F3N5O2S. The molecule has 3 rings (SSSR count). The fraction of sp³-hybridized carbons (Fsp3) is 0.474. The van der Waals surface area contributed by atoms with E-state index in [2.05, 4.69) is 16.9 Å². The third-order valence-electron chi connectivity index (χ3n) is 4.85. The lowest BCUT2D eigenvalue weighted by molar-refractivity contribution is -0.0447. The minimum atomic E-state index is -5.32. The average Bonchev–Trinajstić information content (AvgIpc) is 3.04. The summed E-state index contributed by atoms with van der Waals surface area (Å²) in [6.07, 6.45) is 3.37. The van der Waals surface area contributed by atoms with E-state index in [4.69, 9.17) is 5.73 Å². The van der Waals surface area contributed by atoms with Crippen molar-refractivity contribution in [3.8, 4) is 0 Å². The summed E-state index contributed by atoms with van der Waals surface area (Å²) in [4.78, 5) is 9.10. The van der Waals surface area contributed by atoms with Crippen molar-refractivity contribution in [1.29, 1.82) is 0 Å². The van der Waals surface area contributed by atoms with Crippen LogP contribution in [0.1, 0.15) is 38.4 Å². The first-order valence-electron chi connectivity index (χ1n) is 9.75. The number of nitrogens with zero attached hydrogens (tertiary/aromatic N) is 3. The van der Waals surface area contributed by atoms with Crippen LogP contribution in [0.2, 0.25) is 0 Å². The molecule has 0 aliphatic carbocycles. The molecule has 0 saturated heterocycles. The van der Waals surface area contributed by atoms with Crippen molar-refractivity contribution in [2.75, 3.05) is 12.3 Å². The number of unbranched alkanes of at least 4 members (excludes halogenated alkanes) is 2. The highest BCUT2D eigenvalue weighted by Crippen LogP contribution is 2.29. The van der Waals surface area contributed by atoms with E-state index in [9.17, 15) is 21.6 Å². The highest BCUT2D eigenvalue weighted by molar-refractivity contribution is 7.90. The van der Waals surface area contributed by atoms with E-state index in [0.717, 1.165) is 41.5 Å². The summed E-state index contributed by atoms with van der Waals surface area (Å²) in [6.45, 7) is 2.27. The molecule has 0 bridgehead atoms. The molecular weight excluding hydrogens is 419 g/mol. The minimum Gasteiger partial charge on any atom is -0.382 e. The predicted molar refractivity (Wildman–Crippen MR) is 110 cm³/mol. The summed E-state index contributed by atoms with van der Waals surface area (Å²) in [5.74, 6) is 1.17. The van der Waals surface area contributed by atoms with Gasteiger partial charge in [-0.25, -0.2) is 23.1 Å². The predicted octanol–water partition coefficient (Wildman–Crippen LogP) is 3.73. The average molecular weight is 443 g/mol. The molecule has 0 radical (unpaired) electrons. The number of nitrogens with one attached hydrogen (secondary N) is 1. The van der Waals surface area contributed by atoms with Gasteiger partial charge in [0.25, 0.3) is 0 Å². The highest BCUT2D eigenvalue weighted by atomic mass is 32.2. The van der Waals surface area contributed by atoms with E-state index in [1.165, 1.54) is 0 Å². The summed E-state index contributed by atoms with van der Waals surface area (Å²) in [5.41, 5.74) is 3.02. The second-order valence-electron chi connectivity index (χ2n) is 7.05. The monoisotopic (exact) mass is 443 g/mol. The molecule has 7 nitrogen and oxygen atoms in total. The number of fused-ring (bicyclic) bond motifs is 3. The van der Waals surface area contributed by atoms with Gasteiger partial charge in [0.15, 0.2) is 5.82 Å². The number of anilines is 1. The van der Waals surface area contributed by atoms with Crippen LogP contribution >= 0.6 is 0 Å². The number of sulfonamides is 1. The number of imidazole rings is 1. The molecule has 0 aliphatic heterocycles. The topological polar surface area (TPSA) is 103 Å². The Bertz CT molecular complexity index is 1140. The van der Waals surface area contributed by atoms with Crippen LogP contribution in [0.5, 0.6) is 0 Å². The second kappa shape index (κ2) is 8.76. The van der Waals surface area contributed by atoms with E-state index in [1.54, 1.807) is 4.72 Å². The van der Waals surface area contributed by atoms with Crippen LogP contribution in [-0.4, -0.2) is 35.0 Å². The van der Waals surface area contributed by atoms with Crippen LogP contribution in [0.15, 0.2) is 24.3 Å². The van der Waals surface area contributed by atoms with E-state index in [1.807, 2.05) is 28.8 Å². The number of hydrogen-bond acceptors (Lipinski definition) is 5. The number of nitrogens with two attached hydrogens (primary N) is 1. The second-order valence-corrected chi connectivity index (χ2v) is 8.80. The van der Waals surface area contributed by atoms with Crippen molar-refractivity contribution in [1.82, 2.24) is 19.3 Å². The van der Waals surface area contributed by atoms with Crippen molar-refractivity contribution in [2.45, 2.75) is 51.1 Å². The van der Waals surface area contributed by atoms with Crippen molar-refractivity contribution in [3.05, 3.63) is 30.1 Å². The highest BCUT2D eigenvalue weighted by Gasteiger charge is 2.45. The Morgan fingerprint density at radius 3 is 2.57 bits per heavy atom. The van der Waals surface area contributed by atoms with Gasteiger partial charge >= 0.3 is 15.5 Å². The minimum absolute atomic E-state index is 0.251. The molecule has 11 heteroatoms. The van der Waals surface area contributed by atoms with Crippen molar-refractivity contribution >= 4 is 37.8 Å². The zero-order valence-electron chi connectivity index (χ0n) is 16.5. The van der Waals surface area contributed by atoms with Crippen molar-refractivity contribution in [2.24, 2.45) is 0 Å². The summed E-state index contributed by atoms with van der Waals surface area (Å²) in [7, 11) is -5.32. The van der Waals surface area contributed by atoms with Crippen molar-refractivity contribution < 1.29 is 21.6 Å². The molecule has 0 unspecified atom stereocenters. The molecule has 3 aromatic rings. The summed E-state index contributed by atoms with van der Waals surface area (Å²) < 4.78 is 63.1. The maximum Gasteiger partial charge on any atom is 0.511 e. The quantitative estimate of drug-likeness (QED) is 0.491. The Morgan fingerprint density at radius 1 is 1.13 bits per heavy atom. The SMILES string of the molecule is CCCCc1nc2c(N)nc3ccccc3c2n1CCCCNS(=O)(=O)C(F)(F)F. The van der Waals surface area contributed by atoms with Crippen LogP contribution in [0.3, 0.4) is 0 Å². The number of aryl methyl sites for hydroxylation is 2. The van der Waals surface area contributed by atoms with E-state index in [0.29, 0.717) is 24.3 Å². The molecule has 3 N–H and O–H groups in total. The third kappa shape index (κ3) is 4.51. The third-order valence-corrected chi connectivity index (χ3v) is 6.04. The molecule has 30 heavy (non-hydrogen) atoms. The number of benzene rings is 1. The van der Waals surface area contributed by atoms with E-state index in [-0.39, 0.29) is 13.0 Å². The lowest BCUT2D eigenvalue weighted by Gasteiger charge is -2.12. The van der Waals surface area contributed by atoms with Crippen LogP contribution in [0, 0.1) is 0 Å².